The highest BCUT2D eigenvalue weighted by Gasteiger charge is 2.98. The first kappa shape index (κ1) is 14.2. The van der Waals surface area contributed by atoms with E-state index in [9.17, 15) is 19.8 Å². The molecule has 0 unspecified atom stereocenters. The minimum atomic E-state index is -1.51. The van der Waals surface area contributed by atoms with Crippen molar-refractivity contribution in [3.8, 4) is 0 Å². The maximum absolute atomic E-state index is 12.6. The van der Waals surface area contributed by atoms with E-state index < -0.39 is 63.8 Å². The number of epoxide rings is 1. The summed E-state index contributed by atoms with van der Waals surface area (Å²) in [6, 6.07) is 0. The Bertz CT molecular complexity index is 676. The Kier molecular flexibility index (Phi) is 1.95. The number of aliphatic hydroxyl groups is 2. The molecule has 0 aromatic carbocycles. The predicted octanol–water partition coefficient (Wildman–Crippen LogP) is -0.477. The van der Waals surface area contributed by atoms with Crippen molar-refractivity contribution < 1.29 is 34.0 Å². The van der Waals surface area contributed by atoms with Crippen LogP contribution in [0, 0.1) is 17.3 Å². The summed E-state index contributed by atoms with van der Waals surface area (Å²) in [6.45, 7) is 6.63. The first-order valence-electron chi connectivity index (χ1n) is 8.02. The molecule has 2 saturated carbocycles. The van der Waals surface area contributed by atoms with Gasteiger partial charge in [0.05, 0.1) is 22.5 Å². The van der Waals surface area contributed by atoms with Gasteiger partial charge in [0.25, 0.3) is 0 Å². The summed E-state index contributed by atoms with van der Waals surface area (Å²) >= 11 is 0. The summed E-state index contributed by atoms with van der Waals surface area (Å²) in [4.78, 5) is 25.1. The lowest BCUT2D eigenvalue weighted by Gasteiger charge is -2.57. The summed E-state index contributed by atoms with van der Waals surface area (Å²) in [5, 5.41) is 22.2. The van der Waals surface area contributed by atoms with Crippen LogP contribution in [0.15, 0.2) is 0 Å². The smallest absolute Gasteiger partial charge is 0.342 e. The van der Waals surface area contributed by atoms with E-state index in [1.54, 1.807) is 27.7 Å². The van der Waals surface area contributed by atoms with Crippen LogP contribution in [0.2, 0.25) is 0 Å². The van der Waals surface area contributed by atoms with Crippen molar-refractivity contribution in [2.75, 3.05) is 0 Å². The number of fused-ring (bicyclic) bond motifs is 4. The van der Waals surface area contributed by atoms with Gasteiger partial charge in [-0.15, -0.1) is 0 Å². The minimum absolute atomic E-state index is 0.174. The van der Waals surface area contributed by atoms with Crippen LogP contribution in [-0.4, -0.2) is 56.8 Å². The van der Waals surface area contributed by atoms with Gasteiger partial charge in [0, 0.05) is 12.3 Å². The summed E-state index contributed by atoms with van der Waals surface area (Å²) < 4.78 is 16.9. The molecule has 2 bridgehead atoms. The predicted molar refractivity (Wildman–Crippen MR) is 72.9 cm³/mol. The Morgan fingerprint density at radius 3 is 2.52 bits per heavy atom. The lowest BCUT2D eigenvalue weighted by atomic mass is 9.47. The van der Waals surface area contributed by atoms with E-state index in [0.29, 0.717) is 0 Å². The molecule has 3 heterocycles. The highest BCUT2D eigenvalue weighted by atomic mass is 16.7. The first-order valence-corrected chi connectivity index (χ1v) is 8.02. The van der Waals surface area contributed by atoms with Gasteiger partial charge in [-0.25, -0.2) is 4.79 Å². The van der Waals surface area contributed by atoms with Crippen molar-refractivity contribution in [2.45, 2.75) is 68.7 Å². The minimum Gasteiger partial charge on any atom is -0.457 e. The molecular weight excluding hydrogens is 304 g/mol. The summed E-state index contributed by atoms with van der Waals surface area (Å²) in [6.07, 6.45) is -1.08. The number of carbonyl (C=O) groups is 2. The van der Waals surface area contributed by atoms with Crippen LogP contribution in [0.3, 0.4) is 0 Å². The van der Waals surface area contributed by atoms with Crippen LogP contribution in [0.1, 0.15) is 34.1 Å². The molecule has 1 spiro atoms. The topological polar surface area (TPSA) is 106 Å². The second-order valence-corrected chi connectivity index (χ2v) is 8.61. The standard InChI is InChI=1S/C16H20O7/c1-12(2,19)7-8-10(17)21-9(7)13(3)14(4)15(8,20)5-6-16(14,22-6)11(18)23-13/h6-9,19-20H,5H2,1-4H3/t6-,7+,8-,9-,13-,14-,15-,16+/m1/s1. The van der Waals surface area contributed by atoms with E-state index in [0.717, 1.165) is 0 Å². The quantitative estimate of drug-likeness (QED) is 0.496. The average Bonchev–Trinajstić information content (AvgIpc) is 2.87. The fourth-order valence-electron chi connectivity index (χ4n) is 6.28. The van der Waals surface area contributed by atoms with E-state index in [1.807, 2.05) is 0 Å². The highest BCUT2D eigenvalue weighted by molar-refractivity contribution is 5.92. The van der Waals surface area contributed by atoms with Crippen molar-refractivity contribution in [1.29, 1.82) is 0 Å². The number of ether oxygens (including phenoxy) is 3. The molecule has 0 radical (unpaired) electrons. The molecule has 5 aliphatic rings. The third-order valence-corrected chi connectivity index (χ3v) is 7.49. The Hall–Kier alpha value is -1.18. The van der Waals surface area contributed by atoms with Gasteiger partial charge in [-0.2, -0.15) is 0 Å². The molecule has 126 valence electrons. The van der Waals surface area contributed by atoms with Gasteiger partial charge in [0.1, 0.15) is 12.2 Å². The Balaban J connectivity index is 1.81. The second-order valence-electron chi connectivity index (χ2n) is 8.61. The van der Waals surface area contributed by atoms with Crippen molar-refractivity contribution in [1.82, 2.24) is 0 Å². The van der Waals surface area contributed by atoms with Gasteiger partial charge in [-0.05, 0) is 27.7 Å². The maximum atomic E-state index is 12.6. The van der Waals surface area contributed by atoms with Crippen molar-refractivity contribution >= 4 is 11.9 Å². The van der Waals surface area contributed by atoms with E-state index in [-0.39, 0.29) is 6.42 Å². The SMILES string of the molecule is CC(C)(O)[C@@H]1[C@H]2OC(=O)[C@@H]1[C@]1(O)C[C@H]3O[C@]34C(=O)O[C@@]2(C)[C@]14C. The summed E-state index contributed by atoms with van der Waals surface area (Å²) in [5.74, 6) is -2.58. The third-order valence-electron chi connectivity index (χ3n) is 7.49. The zero-order valence-corrected chi connectivity index (χ0v) is 13.5. The van der Waals surface area contributed by atoms with Gasteiger partial charge >= 0.3 is 11.9 Å². The van der Waals surface area contributed by atoms with Crippen LogP contribution in [-0.2, 0) is 23.8 Å². The second kappa shape index (κ2) is 3.17. The lowest BCUT2D eigenvalue weighted by molar-refractivity contribution is -0.260. The highest BCUT2D eigenvalue weighted by Crippen LogP contribution is 2.80. The van der Waals surface area contributed by atoms with E-state index in [1.165, 1.54) is 0 Å². The molecule has 0 aromatic rings. The molecule has 3 aliphatic heterocycles. The van der Waals surface area contributed by atoms with Crippen LogP contribution < -0.4 is 0 Å². The summed E-state index contributed by atoms with van der Waals surface area (Å²) in [7, 11) is 0. The molecule has 23 heavy (non-hydrogen) atoms. The van der Waals surface area contributed by atoms with E-state index >= 15 is 0 Å². The third kappa shape index (κ3) is 1.02. The van der Waals surface area contributed by atoms with Crippen molar-refractivity contribution in [2.24, 2.45) is 17.3 Å². The fraction of sp³-hybridized carbons (Fsp3) is 0.875. The van der Waals surface area contributed by atoms with Crippen LogP contribution >= 0.6 is 0 Å². The van der Waals surface area contributed by atoms with Crippen molar-refractivity contribution in [3.63, 3.8) is 0 Å². The maximum Gasteiger partial charge on any atom is 0.342 e. The Labute approximate surface area is 132 Å². The molecule has 2 N–H and O–H groups in total. The van der Waals surface area contributed by atoms with Gasteiger partial charge < -0.3 is 24.4 Å². The van der Waals surface area contributed by atoms with Crippen molar-refractivity contribution in [3.05, 3.63) is 0 Å². The van der Waals surface area contributed by atoms with Gasteiger partial charge in [0.15, 0.2) is 5.60 Å². The molecule has 7 nitrogen and oxygen atoms in total. The lowest BCUT2D eigenvalue weighted by Crippen LogP contribution is -2.73. The average molecular weight is 324 g/mol. The molecule has 2 aliphatic carbocycles. The zero-order chi connectivity index (χ0) is 16.8. The largest absolute Gasteiger partial charge is 0.457 e. The number of carbonyl (C=O) groups excluding carboxylic acids is 2. The number of esters is 2. The van der Waals surface area contributed by atoms with Gasteiger partial charge in [0.2, 0.25) is 5.60 Å². The molecule has 8 atom stereocenters. The number of rotatable bonds is 1. The van der Waals surface area contributed by atoms with Gasteiger partial charge in [-0.3, -0.25) is 4.79 Å². The zero-order valence-electron chi connectivity index (χ0n) is 13.5. The van der Waals surface area contributed by atoms with Gasteiger partial charge in [-0.1, -0.05) is 0 Å². The number of hydrogen-bond acceptors (Lipinski definition) is 7. The van der Waals surface area contributed by atoms with E-state index in [2.05, 4.69) is 0 Å². The fourth-order valence-corrected chi connectivity index (χ4v) is 6.28. The molecule has 5 fully saturated rings. The summed E-state index contributed by atoms with van der Waals surface area (Å²) in [5.41, 5.74) is -6.29. The Morgan fingerprint density at radius 1 is 1.26 bits per heavy atom. The van der Waals surface area contributed by atoms with E-state index in [4.69, 9.17) is 14.2 Å². The van der Waals surface area contributed by atoms with Crippen LogP contribution in [0.4, 0.5) is 0 Å². The number of hydrogen-bond donors (Lipinski definition) is 2. The normalized spacial score (nSPS) is 61.8. The molecule has 7 heteroatoms. The molecule has 0 amide bonds. The molecular formula is C16H20O7. The monoisotopic (exact) mass is 324 g/mol. The molecule has 0 aromatic heterocycles. The Morgan fingerprint density at radius 2 is 1.91 bits per heavy atom. The molecule has 5 rings (SSSR count). The van der Waals surface area contributed by atoms with Crippen LogP contribution in [0.25, 0.3) is 0 Å². The molecule has 3 saturated heterocycles. The first-order chi connectivity index (χ1) is 10.4. The van der Waals surface area contributed by atoms with Crippen LogP contribution in [0.5, 0.6) is 0 Å².